The maximum absolute atomic E-state index is 13.0. The van der Waals surface area contributed by atoms with Crippen LogP contribution in [0.25, 0.3) is 11.0 Å². The monoisotopic (exact) mass is 511 g/mol. The van der Waals surface area contributed by atoms with E-state index in [2.05, 4.69) is 0 Å². The smallest absolute Gasteiger partial charge is 0.311 e. The molecule has 192 valence electrons. The number of ether oxygens (including phenoxy) is 2. The van der Waals surface area contributed by atoms with Gasteiger partial charge in [0, 0.05) is 19.0 Å². The Bertz CT molecular complexity index is 1580. The van der Waals surface area contributed by atoms with E-state index in [0.717, 1.165) is 10.5 Å². The summed E-state index contributed by atoms with van der Waals surface area (Å²) in [4.78, 5) is 51.4. The summed E-state index contributed by atoms with van der Waals surface area (Å²) in [6.07, 6.45) is 1.50. The van der Waals surface area contributed by atoms with Gasteiger partial charge in [0.2, 0.25) is 11.2 Å². The van der Waals surface area contributed by atoms with Crippen molar-refractivity contribution in [2.24, 2.45) is 0 Å². The number of carbonyl (C=O) groups excluding carboxylic acids is 3. The molecule has 0 unspecified atom stereocenters. The molecule has 0 saturated heterocycles. The fourth-order valence-electron chi connectivity index (χ4n) is 4.40. The van der Waals surface area contributed by atoms with Crippen LogP contribution in [-0.2, 0) is 4.79 Å². The zero-order chi connectivity index (χ0) is 26.8. The number of hydrogen-bond acceptors (Lipinski definition) is 7. The predicted octanol–water partition coefficient (Wildman–Crippen LogP) is 5.69. The molecule has 8 nitrogen and oxygen atoms in total. The van der Waals surface area contributed by atoms with E-state index in [-0.39, 0.29) is 65.0 Å². The van der Waals surface area contributed by atoms with Gasteiger partial charge in [-0.1, -0.05) is 44.2 Å². The first-order valence-electron chi connectivity index (χ1n) is 12.3. The molecule has 0 radical (unpaired) electrons. The number of fused-ring (bicyclic) bond motifs is 2. The molecule has 0 aliphatic carbocycles. The summed E-state index contributed by atoms with van der Waals surface area (Å²) >= 11 is 0. The van der Waals surface area contributed by atoms with E-state index in [4.69, 9.17) is 13.9 Å². The number of hydrogen-bond donors (Lipinski definition) is 0. The van der Waals surface area contributed by atoms with E-state index in [9.17, 15) is 19.2 Å². The van der Waals surface area contributed by atoms with Gasteiger partial charge < -0.3 is 13.9 Å². The first-order valence-corrected chi connectivity index (χ1v) is 12.3. The van der Waals surface area contributed by atoms with Gasteiger partial charge in [0.25, 0.3) is 11.8 Å². The van der Waals surface area contributed by atoms with Gasteiger partial charge in [0.05, 0.1) is 16.5 Å². The zero-order valence-corrected chi connectivity index (χ0v) is 20.9. The van der Waals surface area contributed by atoms with Crippen molar-refractivity contribution in [1.82, 2.24) is 4.90 Å². The van der Waals surface area contributed by atoms with Crippen LogP contribution in [0.4, 0.5) is 0 Å². The minimum absolute atomic E-state index is 0.00255. The Balaban J connectivity index is 1.22. The van der Waals surface area contributed by atoms with Crippen molar-refractivity contribution in [3.8, 4) is 17.2 Å². The largest absolute Gasteiger partial charge is 0.460 e. The first kappa shape index (κ1) is 25.0. The van der Waals surface area contributed by atoms with Gasteiger partial charge in [-0.3, -0.25) is 24.1 Å². The summed E-state index contributed by atoms with van der Waals surface area (Å²) in [5.74, 6) is -0.189. The lowest BCUT2D eigenvalue weighted by atomic mass is 10.0. The second kappa shape index (κ2) is 10.3. The Hall–Kier alpha value is -4.72. The fraction of sp³-hybridized carbons (Fsp3) is 0.200. The van der Waals surface area contributed by atoms with Crippen LogP contribution in [0.2, 0.25) is 0 Å². The first-order chi connectivity index (χ1) is 18.3. The van der Waals surface area contributed by atoms with Crippen molar-refractivity contribution < 1.29 is 28.3 Å². The molecule has 3 aromatic carbocycles. The van der Waals surface area contributed by atoms with Crippen LogP contribution in [0.3, 0.4) is 0 Å². The summed E-state index contributed by atoms with van der Waals surface area (Å²) in [5.41, 5.74) is 1.61. The van der Waals surface area contributed by atoms with Crippen LogP contribution in [0.1, 0.15) is 58.9 Å². The van der Waals surface area contributed by atoms with Gasteiger partial charge in [0.15, 0.2) is 0 Å². The molecule has 1 aromatic heterocycles. The second-order valence-electron chi connectivity index (χ2n) is 9.27. The van der Waals surface area contributed by atoms with Crippen LogP contribution in [-0.4, -0.2) is 29.2 Å². The lowest BCUT2D eigenvalue weighted by molar-refractivity contribution is -0.134. The Morgan fingerprint density at radius 1 is 0.895 bits per heavy atom. The van der Waals surface area contributed by atoms with E-state index >= 15 is 0 Å². The van der Waals surface area contributed by atoms with Crippen LogP contribution in [0.15, 0.2) is 82.2 Å². The number of esters is 1. The van der Waals surface area contributed by atoms with Gasteiger partial charge in [0.1, 0.15) is 23.3 Å². The van der Waals surface area contributed by atoms with Gasteiger partial charge >= 0.3 is 5.97 Å². The number of nitrogens with zero attached hydrogens (tertiary/aromatic N) is 1. The van der Waals surface area contributed by atoms with Gasteiger partial charge in [-0.25, -0.2) is 0 Å². The molecule has 0 bridgehead atoms. The normalized spacial score (nSPS) is 12.8. The van der Waals surface area contributed by atoms with E-state index in [1.807, 2.05) is 32.0 Å². The molecule has 4 aromatic rings. The van der Waals surface area contributed by atoms with E-state index in [0.29, 0.717) is 16.9 Å². The molecule has 0 atom stereocenters. The van der Waals surface area contributed by atoms with E-state index < -0.39 is 5.97 Å². The van der Waals surface area contributed by atoms with Crippen molar-refractivity contribution in [2.75, 3.05) is 6.54 Å². The van der Waals surface area contributed by atoms with Crippen LogP contribution < -0.4 is 14.9 Å². The molecule has 5 rings (SSSR count). The molecule has 2 amide bonds. The van der Waals surface area contributed by atoms with Gasteiger partial charge in [-0.2, -0.15) is 0 Å². The maximum Gasteiger partial charge on any atom is 0.311 e. The highest BCUT2D eigenvalue weighted by Crippen LogP contribution is 2.30. The van der Waals surface area contributed by atoms with Gasteiger partial charge in [-0.15, -0.1) is 0 Å². The minimum Gasteiger partial charge on any atom is -0.460 e. The number of rotatable bonds is 8. The molecule has 2 heterocycles. The second-order valence-corrected chi connectivity index (χ2v) is 9.27. The molecular formula is C30H25NO7. The molecular weight excluding hydrogens is 486 g/mol. The van der Waals surface area contributed by atoms with Crippen LogP contribution in [0, 0.1) is 0 Å². The van der Waals surface area contributed by atoms with Crippen molar-refractivity contribution in [2.45, 2.75) is 32.6 Å². The number of para-hydroxylation sites is 1. The van der Waals surface area contributed by atoms with Crippen molar-refractivity contribution in [3.05, 3.63) is 99.9 Å². The highest BCUT2D eigenvalue weighted by molar-refractivity contribution is 6.21. The zero-order valence-electron chi connectivity index (χ0n) is 20.9. The number of carbonyl (C=O) groups is 3. The summed E-state index contributed by atoms with van der Waals surface area (Å²) in [7, 11) is 0. The minimum atomic E-state index is -0.534. The van der Waals surface area contributed by atoms with Crippen LogP contribution >= 0.6 is 0 Å². The predicted molar refractivity (Wildman–Crippen MR) is 140 cm³/mol. The lowest BCUT2D eigenvalue weighted by Crippen LogP contribution is -2.31. The Kier molecular flexibility index (Phi) is 6.79. The topological polar surface area (TPSA) is 103 Å². The molecule has 0 fully saturated rings. The Morgan fingerprint density at radius 3 is 2.29 bits per heavy atom. The maximum atomic E-state index is 13.0. The molecule has 0 N–H and O–H groups in total. The standard InChI is InChI=1S/C30H25NO7/c1-18(2)20-8-5-6-11-24(20)38-26-17-36-25-16-19(13-14-23(25)28(26)33)37-27(32)12-7-15-31-29(34)21-9-3-4-10-22(21)30(31)35/h3-6,8-11,13-14,16-18H,7,12,15H2,1-2H3. The summed E-state index contributed by atoms with van der Waals surface area (Å²) in [5, 5.41) is 0.287. The third-order valence-electron chi connectivity index (χ3n) is 6.35. The lowest BCUT2D eigenvalue weighted by Gasteiger charge is -2.13. The summed E-state index contributed by atoms with van der Waals surface area (Å²) in [6.45, 7) is 4.19. The molecule has 0 saturated carbocycles. The average Bonchev–Trinajstić information content (AvgIpc) is 3.15. The van der Waals surface area contributed by atoms with E-state index in [1.54, 1.807) is 30.3 Å². The SMILES string of the molecule is CC(C)c1ccccc1Oc1coc2cc(OC(=O)CCCN3C(=O)c4ccccc4C3=O)ccc2c1=O. The Labute approximate surface area is 218 Å². The van der Waals surface area contributed by atoms with Gasteiger partial charge in [-0.05, 0) is 48.2 Å². The fourth-order valence-corrected chi connectivity index (χ4v) is 4.40. The number of imide groups is 1. The average molecular weight is 512 g/mol. The highest BCUT2D eigenvalue weighted by atomic mass is 16.5. The molecule has 38 heavy (non-hydrogen) atoms. The molecule has 1 aliphatic heterocycles. The van der Waals surface area contributed by atoms with Crippen molar-refractivity contribution >= 4 is 28.8 Å². The third-order valence-corrected chi connectivity index (χ3v) is 6.35. The number of amides is 2. The quantitative estimate of drug-likeness (QED) is 0.170. The van der Waals surface area contributed by atoms with Crippen molar-refractivity contribution in [1.29, 1.82) is 0 Å². The molecule has 1 aliphatic rings. The van der Waals surface area contributed by atoms with Crippen molar-refractivity contribution in [3.63, 3.8) is 0 Å². The molecule has 8 heteroatoms. The summed E-state index contributed by atoms with van der Waals surface area (Å²) < 4.78 is 16.9. The third kappa shape index (κ3) is 4.80. The van der Waals surface area contributed by atoms with E-state index in [1.165, 1.54) is 24.5 Å². The molecule has 0 spiro atoms. The summed E-state index contributed by atoms with van der Waals surface area (Å²) in [6, 6.07) is 18.6. The number of benzene rings is 3. The Morgan fingerprint density at radius 2 is 1.58 bits per heavy atom. The highest BCUT2D eigenvalue weighted by Gasteiger charge is 2.34. The van der Waals surface area contributed by atoms with Crippen LogP contribution in [0.5, 0.6) is 17.2 Å².